The van der Waals surface area contributed by atoms with Crippen molar-refractivity contribution in [3.63, 3.8) is 0 Å². The zero-order valence-corrected chi connectivity index (χ0v) is 27.3. The van der Waals surface area contributed by atoms with Crippen LogP contribution in [-0.2, 0) is 10.8 Å². The molecule has 0 N–H and O–H groups in total. The minimum atomic E-state index is -0.275. The Morgan fingerprint density at radius 3 is 1.30 bits per heavy atom. The summed E-state index contributed by atoms with van der Waals surface area (Å²) in [7, 11) is 0. The van der Waals surface area contributed by atoms with E-state index >= 15 is 0 Å². The molecule has 13 rings (SSSR count). The van der Waals surface area contributed by atoms with Crippen molar-refractivity contribution in [3.8, 4) is 22.3 Å². The van der Waals surface area contributed by atoms with Gasteiger partial charge < -0.3 is 4.40 Å². The highest BCUT2D eigenvalue weighted by molar-refractivity contribution is 6.31. The fourth-order valence-electron chi connectivity index (χ4n) is 11.5. The Kier molecular flexibility index (Phi) is 4.40. The third-order valence-corrected chi connectivity index (χ3v) is 13.0. The molecule has 0 unspecified atom stereocenters. The molecule has 0 spiro atoms. The Hall–Kier alpha value is -4.76. The predicted molar refractivity (Wildman–Crippen MR) is 190 cm³/mol. The summed E-state index contributed by atoms with van der Waals surface area (Å²) in [5.41, 5.74) is 11.7. The molecule has 2 aromatic heterocycles. The second-order valence-electron chi connectivity index (χ2n) is 16.6. The van der Waals surface area contributed by atoms with E-state index in [1.165, 1.54) is 60.4 Å². The number of fused-ring (bicyclic) bond motifs is 6. The Balaban J connectivity index is 1.38. The van der Waals surface area contributed by atoms with Gasteiger partial charge in [0.25, 0.3) is 0 Å². The van der Waals surface area contributed by atoms with Gasteiger partial charge in [0, 0.05) is 43.5 Å². The van der Waals surface area contributed by atoms with Crippen molar-refractivity contribution in [1.82, 2.24) is 4.40 Å². The van der Waals surface area contributed by atoms with E-state index in [4.69, 9.17) is 0 Å². The van der Waals surface area contributed by atoms with Crippen LogP contribution < -0.4 is 0 Å². The van der Waals surface area contributed by atoms with E-state index in [9.17, 15) is 9.59 Å². The molecular formula is C44H35NO2. The molecule has 4 bridgehead atoms. The quantitative estimate of drug-likeness (QED) is 0.196. The van der Waals surface area contributed by atoms with E-state index in [1.54, 1.807) is 0 Å². The molecule has 0 saturated heterocycles. The van der Waals surface area contributed by atoms with Crippen LogP contribution in [0, 0.1) is 10.8 Å². The highest BCUT2D eigenvalue weighted by Crippen LogP contribution is 2.64. The highest BCUT2D eigenvalue weighted by Gasteiger charge is 2.60. The number of rotatable bonds is 2. The van der Waals surface area contributed by atoms with Crippen LogP contribution in [0.25, 0.3) is 60.3 Å². The summed E-state index contributed by atoms with van der Waals surface area (Å²) >= 11 is 0. The Morgan fingerprint density at radius 2 is 0.894 bits per heavy atom. The number of ketones is 2. The lowest BCUT2D eigenvalue weighted by atomic mass is 9.45. The van der Waals surface area contributed by atoms with Crippen LogP contribution in [0.3, 0.4) is 0 Å². The highest BCUT2D eigenvalue weighted by atomic mass is 16.1. The lowest BCUT2D eigenvalue weighted by Gasteiger charge is -2.57. The molecule has 6 aliphatic rings. The maximum atomic E-state index is 14.1. The van der Waals surface area contributed by atoms with Crippen molar-refractivity contribution in [2.24, 2.45) is 10.8 Å². The van der Waals surface area contributed by atoms with Crippen molar-refractivity contribution >= 4 is 49.7 Å². The van der Waals surface area contributed by atoms with Gasteiger partial charge in [-0.2, -0.15) is 0 Å². The molecular weight excluding hydrogens is 574 g/mol. The van der Waals surface area contributed by atoms with Crippen LogP contribution in [0.1, 0.15) is 85.2 Å². The normalized spacial score (nSPS) is 28.9. The van der Waals surface area contributed by atoms with E-state index in [0.717, 1.165) is 47.8 Å². The SMILES string of the molecule is CC12CC(C)(C1)c1cc3c4c(-c5ccccc5)cc(-c5ccccc5)c5c6cc7c(cc6n(c3cc1C2=O)c45)C(=O)C1(C)CC7(C)C1. The van der Waals surface area contributed by atoms with Gasteiger partial charge in [0.15, 0.2) is 11.6 Å². The molecule has 228 valence electrons. The lowest BCUT2D eigenvalue weighted by Crippen LogP contribution is -2.55. The van der Waals surface area contributed by atoms with Crippen molar-refractivity contribution in [2.45, 2.75) is 64.2 Å². The Bertz CT molecular complexity index is 2420. The zero-order valence-electron chi connectivity index (χ0n) is 27.3. The van der Waals surface area contributed by atoms with Crippen LogP contribution in [0.5, 0.6) is 0 Å². The number of benzene rings is 5. The number of Topliss-reactive ketones (excluding diaryl/α,β-unsaturated/α-hetero) is 2. The summed E-state index contributed by atoms with van der Waals surface area (Å²) in [4.78, 5) is 28.1. The van der Waals surface area contributed by atoms with Crippen LogP contribution >= 0.6 is 0 Å². The maximum absolute atomic E-state index is 14.1. The number of hydrogen-bond donors (Lipinski definition) is 0. The largest absolute Gasteiger partial charge is 0.308 e. The fraction of sp³-hybridized carbons (Fsp3) is 0.273. The Morgan fingerprint density at radius 1 is 0.489 bits per heavy atom. The molecule has 0 atom stereocenters. The third-order valence-electron chi connectivity index (χ3n) is 13.0. The maximum Gasteiger partial charge on any atom is 0.169 e. The van der Waals surface area contributed by atoms with Gasteiger partial charge in [-0.25, -0.2) is 0 Å². The molecule has 47 heavy (non-hydrogen) atoms. The van der Waals surface area contributed by atoms with Gasteiger partial charge in [-0.1, -0.05) is 88.4 Å². The second-order valence-corrected chi connectivity index (χ2v) is 16.6. The van der Waals surface area contributed by atoms with Gasteiger partial charge in [-0.15, -0.1) is 0 Å². The zero-order chi connectivity index (χ0) is 31.8. The molecule has 0 radical (unpaired) electrons. The standard InChI is InChI=1S/C44H35NO2/c1-41-20-43(3,21-41)39(46)28-18-34-30(16-32(28)41)36-26(24-11-7-5-8-12-24)15-27(25-13-9-6-10-14-25)37-31-17-33-29(19-35(31)45(34)38(36)37)40(47)44(4)22-42(33,2)23-44/h5-19H,20-23H2,1-4H3. The van der Waals surface area contributed by atoms with Gasteiger partial charge >= 0.3 is 0 Å². The first-order chi connectivity index (χ1) is 22.5. The van der Waals surface area contributed by atoms with E-state index < -0.39 is 0 Å². The molecule has 2 heterocycles. The van der Waals surface area contributed by atoms with E-state index in [2.05, 4.69) is 123 Å². The summed E-state index contributed by atoms with van der Waals surface area (Å²) in [5.74, 6) is 0.564. The molecule has 0 aliphatic heterocycles. The molecule has 2 saturated carbocycles. The first-order valence-electron chi connectivity index (χ1n) is 17.1. The van der Waals surface area contributed by atoms with E-state index in [1.807, 2.05) is 0 Å². The summed E-state index contributed by atoms with van der Waals surface area (Å²) in [6.45, 7) is 8.98. The third kappa shape index (κ3) is 2.93. The Labute approximate surface area is 273 Å². The molecule has 0 amide bonds. The van der Waals surface area contributed by atoms with Crippen molar-refractivity contribution < 1.29 is 9.59 Å². The van der Waals surface area contributed by atoms with Crippen LogP contribution in [-0.4, -0.2) is 16.0 Å². The number of aromatic nitrogens is 1. The van der Waals surface area contributed by atoms with Gasteiger partial charge in [0.05, 0.1) is 16.6 Å². The average Bonchev–Trinajstić information content (AvgIpc) is 3.55. The van der Waals surface area contributed by atoms with E-state index in [-0.39, 0.29) is 33.2 Å². The van der Waals surface area contributed by atoms with Gasteiger partial charge in [0.2, 0.25) is 0 Å². The minimum Gasteiger partial charge on any atom is -0.308 e. The first kappa shape index (κ1) is 26.3. The second kappa shape index (κ2) is 7.85. The summed E-state index contributed by atoms with van der Waals surface area (Å²) in [6, 6.07) is 33.0. The molecule has 2 fully saturated rings. The van der Waals surface area contributed by atoms with Crippen molar-refractivity contribution in [3.05, 3.63) is 113 Å². The molecule has 3 heteroatoms. The van der Waals surface area contributed by atoms with E-state index in [0.29, 0.717) is 0 Å². The van der Waals surface area contributed by atoms with Crippen LogP contribution in [0.2, 0.25) is 0 Å². The minimum absolute atomic E-state index is 0.0136. The molecule has 3 nitrogen and oxygen atoms in total. The fourth-order valence-corrected chi connectivity index (χ4v) is 11.5. The molecule has 7 aromatic rings. The van der Waals surface area contributed by atoms with Crippen molar-refractivity contribution in [1.29, 1.82) is 0 Å². The number of carbonyl (C=O) groups is 2. The van der Waals surface area contributed by atoms with Crippen LogP contribution in [0.4, 0.5) is 0 Å². The average molecular weight is 610 g/mol. The molecule has 5 aromatic carbocycles. The lowest BCUT2D eigenvalue weighted by molar-refractivity contribution is 0.0279. The summed E-state index contributed by atoms with van der Waals surface area (Å²) < 4.78 is 2.41. The number of hydrogen-bond acceptors (Lipinski definition) is 2. The van der Waals surface area contributed by atoms with Gasteiger partial charge in [-0.3, -0.25) is 9.59 Å². The smallest absolute Gasteiger partial charge is 0.169 e. The van der Waals surface area contributed by atoms with Crippen LogP contribution in [0.15, 0.2) is 91.0 Å². The summed E-state index contributed by atoms with van der Waals surface area (Å²) in [5, 5.41) is 4.85. The predicted octanol–water partition coefficient (Wildman–Crippen LogP) is 10.7. The first-order valence-corrected chi connectivity index (χ1v) is 17.1. The summed E-state index contributed by atoms with van der Waals surface area (Å²) in [6.07, 6.45) is 3.66. The number of nitrogens with zero attached hydrogens (tertiary/aromatic N) is 1. The monoisotopic (exact) mass is 609 g/mol. The van der Waals surface area contributed by atoms with Gasteiger partial charge in [-0.05, 0) is 100 Å². The van der Waals surface area contributed by atoms with Gasteiger partial charge in [0.1, 0.15) is 0 Å². The van der Waals surface area contributed by atoms with Crippen molar-refractivity contribution in [2.75, 3.05) is 0 Å². The molecule has 6 aliphatic carbocycles. The number of carbonyl (C=O) groups excluding carboxylic acids is 2. The topological polar surface area (TPSA) is 38.5 Å².